The molecule has 2 aromatic carbocycles. The number of pyridine rings is 1. The lowest BCUT2D eigenvalue weighted by Gasteiger charge is -2.11. The molecule has 0 bridgehead atoms. The average Bonchev–Trinajstić information content (AvgIpc) is 2.76. The summed E-state index contributed by atoms with van der Waals surface area (Å²) < 4.78 is 0.880. The number of hydrogen-bond donors (Lipinski definition) is 3. The molecule has 0 aliphatic rings. The van der Waals surface area contributed by atoms with Crippen LogP contribution in [0, 0.1) is 0 Å². The Hall–Kier alpha value is -3.85. The van der Waals surface area contributed by atoms with E-state index in [1.54, 1.807) is 67.0 Å². The van der Waals surface area contributed by atoms with Gasteiger partial charge in [0.25, 0.3) is 5.91 Å². The van der Waals surface area contributed by atoms with Crippen molar-refractivity contribution in [3.63, 3.8) is 0 Å². The van der Waals surface area contributed by atoms with E-state index in [1.165, 1.54) is 12.3 Å². The highest BCUT2D eigenvalue weighted by Crippen LogP contribution is 2.19. The summed E-state index contributed by atoms with van der Waals surface area (Å²) in [5, 5.41) is 8.89. The van der Waals surface area contributed by atoms with Crippen LogP contribution in [0.4, 0.5) is 11.4 Å². The second-order valence-electron chi connectivity index (χ2n) is 5.95. The Labute approximate surface area is 180 Å². The summed E-state index contributed by atoms with van der Waals surface area (Å²) in [6.45, 7) is 0. The molecule has 3 rings (SSSR count). The smallest absolute Gasteiger partial charge is 0.322 e. The number of aromatic nitrogens is 1. The third-order valence-corrected chi connectivity index (χ3v) is 4.32. The van der Waals surface area contributed by atoms with Crippen molar-refractivity contribution in [3.05, 3.63) is 88.7 Å². The standard InChI is InChI=1S/C21H16BrN5O3/c22-15-7-9-16(10-8-15)25-19(28)17-5-1-2-6-18(17)26-20(29)21(30)27-24-13-14-4-3-11-23-12-14/h1-13H,(H,25,28)(H,26,29)(H,27,30)/b24-13+. The number of hydrogen-bond acceptors (Lipinski definition) is 5. The highest BCUT2D eigenvalue weighted by Gasteiger charge is 2.17. The van der Waals surface area contributed by atoms with E-state index in [-0.39, 0.29) is 11.3 Å². The van der Waals surface area contributed by atoms with Gasteiger partial charge < -0.3 is 10.6 Å². The third-order valence-electron chi connectivity index (χ3n) is 3.79. The summed E-state index contributed by atoms with van der Waals surface area (Å²) in [6, 6.07) is 16.9. The fourth-order valence-corrected chi connectivity index (χ4v) is 2.63. The van der Waals surface area contributed by atoms with Crippen LogP contribution in [0.1, 0.15) is 15.9 Å². The Balaban J connectivity index is 1.64. The molecule has 0 fully saturated rings. The van der Waals surface area contributed by atoms with Crippen molar-refractivity contribution in [2.45, 2.75) is 0 Å². The number of rotatable bonds is 5. The molecule has 0 aliphatic heterocycles. The maximum Gasteiger partial charge on any atom is 0.329 e. The Kier molecular flexibility index (Phi) is 7.01. The van der Waals surface area contributed by atoms with Crippen molar-refractivity contribution in [1.29, 1.82) is 0 Å². The predicted octanol–water partition coefficient (Wildman–Crippen LogP) is 3.19. The molecular weight excluding hydrogens is 450 g/mol. The Morgan fingerprint density at radius 2 is 1.67 bits per heavy atom. The van der Waals surface area contributed by atoms with E-state index < -0.39 is 17.7 Å². The molecule has 3 aromatic rings. The molecule has 0 atom stereocenters. The summed E-state index contributed by atoms with van der Waals surface area (Å²) in [7, 11) is 0. The first kappa shape index (κ1) is 20.9. The van der Waals surface area contributed by atoms with Crippen LogP contribution < -0.4 is 16.1 Å². The van der Waals surface area contributed by atoms with Gasteiger partial charge in [-0.1, -0.05) is 34.1 Å². The molecule has 0 saturated carbocycles. The van der Waals surface area contributed by atoms with Crippen molar-refractivity contribution < 1.29 is 14.4 Å². The minimum absolute atomic E-state index is 0.198. The first-order valence-corrected chi connectivity index (χ1v) is 9.52. The molecule has 0 saturated heterocycles. The number of halogens is 1. The number of benzene rings is 2. The van der Waals surface area contributed by atoms with Gasteiger partial charge in [-0.15, -0.1) is 0 Å². The van der Waals surface area contributed by atoms with E-state index in [0.29, 0.717) is 11.3 Å². The number of carbonyl (C=O) groups is 3. The van der Waals surface area contributed by atoms with Crippen LogP contribution >= 0.6 is 15.9 Å². The molecule has 30 heavy (non-hydrogen) atoms. The largest absolute Gasteiger partial charge is 0.329 e. The summed E-state index contributed by atoms with van der Waals surface area (Å²) in [4.78, 5) is 40.7. The third kappa shape index (κ3) is 5.82. The fraction of sp³-hybridized carbons (Fsp3) is 0. The van der Waals surface area contributed by atoms with E-state index in [1.807, 2.05) is 0 Å². The van der Waals surface area contributed by atoms with Crippen LogP contribution in [-0.4, -0.2) is 28.9 Å². The summed E-state index contributed by atoms with van der Waals surface area (Å²) >= 11 is 3.33. The molecule has 0 spiro atoms. The first-order chi connectivity index (χ1) is 14.5. The molecule has 8 nitrogen and oxygen atoms in total. The molecule has 3 amide bonds. The minimum Gasteiger partial charge on any atom is -0.322 e. The summed E-state index contributed by atoms with van der Waals surface area (Å²) in [5.41, 5.74) is 3.79. The zero-order chi connectivity index (χ0) is 21.3. The zero-order valence-corrected chi connectivity index (χ0v) is 17.1. The Morgan fingerprint density at radius 1 is 0.900 bits per heavy atom. The molecule has 0 aliphatic carbocycles. The number of nitrogens with one attached hydrogen (secondary N) is 3. The molecule has 3 N–H and O–H groups in total. The summed E-state index contributed by atoms with van der Waals surface area (Å²) in [5.74, 6) is -2.36. The van der Waals surface area contributed by atoms with Gasteiger partial charge in [-0.2, -0.15) is 5.10 Å². The van der Waals surface area contributed by atoms with Crippen molar-refractivity contribution >= 4 is 51.2 Å². The van der Waals surface area contributed by atoms with Gasteiger partial charge in [-0.05, 0) is 42.5 Å². The monoisotopic (exact) mass is 465 g/mol. The van der Waals surface area contributed by atoms with E-state index in [4.69, 9.17) is 0 Å². The van der Waals surface area contributed by atoms with Gasteiger partial charge in [0, 0.05) is 28.1 Å². The van der Waals surface area contributed by atoms with Gasteiger partial charge >= 0.3 is 11.8 Å². The minimum atomic E-state index is -0.974. The topological polar surface area (TPSA) is 113 Å². The Bertz CT molecular complexity index is 1090. The lowest BCUT2D eigenvalue weighted by atomic mass is 10.1. The van der Waals surface area contributed by atoms with Crippen LogP contribution in [0.5, 0.6) is 0 Å². The van der Waals surface area contributed by atoms with Gasteiger partial charge in [0.05, 0.1) is 17.5 Å². The maximum absolute atomic E-state index is 12.6. The van der Waals surface area contributed by atoms with Gasteiger partial charge in [0.2, 0.25) is 0 Å². The number of nitrogens with zero attached hydrogens (tertiary/aromatic N) is 2. The normalized spacial score (nSPS) is 10.4. The SMILES string of the molecule is O=C(N/N=C/c1cccnc1)C(=O)Nc1ccccc1C(=O)Nc1ccc(Br)cc1. The summed E-state index contributed by atoms with van der Waals surface area (Å²) in [6.07, 6.45) is 4.52. The molecule has 0 unspecified atom stereocenters. The quantitative estimate of drug-likeness (QED) is 0.305. The fourth-order valence-electron chi connectivity index (χ4n) is 2.37. The molecule has 9 heteroatoms. The lowest BCUT2D eigenvalue weighted by Crippen LogP contribution is -2.33. The number of anilines is 2. The molecule has 1 aromatic heterocycles. The molecular formula is C21H16BrN5O3. The van der Waals surface area contributed by atoms with E-state index in [9.17, 15) is 14.4 Å². The second-order valence-corrected chi connectivity index (χ2v) is 6.86. The van der Waals surface area contributed by atoms with Gasteiger partial charge in [-0.25, -0.2) is 5.43 Å². The van der Waals surface area contributed by atoms with E-state index >= 15 is 0 Å². The molecule has 150 valence electrons. The molecule has 0 radical (unpaired) electrons. The number of amides is 3. The number of hydrazone groups is 1. The number of para-hydroxylation sites is 1. The van der Waals surface area contributed by atoms with E-state index in [0.717, 1.165) is 4.47 Å². The van der Waals surface area contributed by atoms with Crippen LogP contribution in [0.25, 0.3) is 0 Å². The van der Waals surface area contributed by atoms with Crippen LogP contribution in [0.15, 0.2) is 82.6 Å². The van der Waals surface area contributed by atoms with Gasteiger partial charge in [-0.3, -0.25) is 19.4 Å². The van der Waals surface area contributed by atoms with Crippen molar-refractivity contribution in [1.82, 2.24) is 10.4 Å². The van der Waals surface area contributed by atoms with Crippen molar-refractivity contribution in [2.75, 3.05) is 10.6 Å². The van der Waals surface area contributed by atoms with Crippen LogP contribution in [0.2, 0.25) is 0 Å². The van der Waals surface area contributed by atoms with Crippen molar-refractivity contribution in [3.8, 4) is 0 Å². The highest BCUT2D eigenvalue weighted by atomic mass is 79.9. The van der Waals surface area contributed by atoms with Crippen LogP contribution in [-0.2, 0) is 9.59 Å². The average molecular weight is 466 g/mol. The van der Waals surface area contributed by atoms with E-state index in [2.05, 4.69) is 42.1 Å². The van der Waals surface area contributed by atoms with Crippen molar-refractivity contribution in [2.24, 2.45) is 5.10 Å². The zero-order valence-electron chi connectivity index (χ0n) is 15.5. The Morgan fingerprint density at radius 3 is 2.40 bits per heavy atom. The van der Waals surface area contributed by atoms with Gasteiger partial charge in [0.15, 0.2) is 0 Å². The predicted molar refractivity (Wildman–Crippen MR) is 117 cm³/mol. The highest BCUT2D eigenvalue weighted by molar-refractivity contribution is 9.10. The maximum atomic E-state index is 12.6. The van der Waals surface area contributed by atoms with Gasteiger partial charge in [0.1, 0.15) is 0 Å². The number of carbonyl (C=O) groups excluding carboxylic acids is 3. The van der Waals surface area contributed by atoms with Crippen LogP contribution in [0.3, 0.4) is 0 Å². The molecule has 1 heterocycles. The lowest BCUT2D eigenvalue weighted by molar-refractivity contribution is -0.136. The second kappa shape index (κ2) is 10.1. The first-order valence-electron chi connectivity index (χ1n) is 8.73.